The predicted molar refractivity (Wildman–Crippen MR) is 69.3 cm³/mol. The highest BCUT2D eigenvalue weighted by Gasteiger charge is 2.08. The third kappa shape index (κ3) is 3.53. The number of nitrogens with one attached hydrogen (secondary N) is 1. The molecular formula is C14H23NO. The Morgan fingerprint density at radius 2 is 2.12 bits per heavy atom. The standard InChI is InChI=1S/C14H23NO/c1-5-15-9-8-11(2)14-7-6-13(16-4)10-12(14)3/h6-7,10-11,15H,5,8-9H2,1-4H3. The lowest BCUT2D eigenvalue weighted by atomic mass is 9.93. The van der Waals surface area contributed by atoms with Crippen LogP contribution in [0.5, 0.6) is 5.75 Å². The third-order valence-corrected chi connectivity index (χ3v) is 3.01. The Balaban J connectivity index is 2.64. The molecule has 1 atom stereocenters. The maximum Gasteiger partial charge on any atom is 0.119 e. The molecule has 0 radical (unpaired) electrons. The Morgan fingerprint density at radius 1 is 1.38 bits per heavy atom. The average molecular weight is 221 g/mol. The second-order valence-corrected chi connectivity index (χ2v) is 4.27. The summed E-state index contributed by atoms with van der Waals surface area (Å²) in [6.07, 6.45) is 1.18. The number of hydrogen-bond donors (Lipinski definition) is 1. The topological polar surface area (TPSA) is 21.3 Å². The summed E-state index contributed by atoms with van der Waals surface area (Å²) in [7, 11) is 1.71. The number of rotatable bonds is 6. The summed E-state index contributed by atoms with van der Waals surface area (Å²) in [5.74, 6) is 1.55. The molecule has 0 spiro atoms. The molecule has 16 heavy (non-hydrogen) atoms. The van der Waals surface area contributed by atoms with Crippen molar-refractivity contribution < 1.29 is 4.74 Å². The lowest BCUT2D eigenvalue weighted by molar-refractivity contribution is 0.414. The Kier molecular flexibility index (Phi) is 5.33. The Morgan fingerprint density at radius 3 is 2.69 bits per heavy atom. The first kappa shape index (κ1) is 13.0. The van der Waals surface area contributed by atoms with E-state index >= 15 is 0 Å². The summed E-state index contributed by atoms with van der Waals surface area (Å²) in [6, 6.07) is 6.34. The molecule has 0 aliphatic heterocycles. The van der Waals surface area contributed by atoms with Gasteiger partial charge in [-0.3, -0.25) is 0 Å². The van der Waals surface area contributed by atoms with E-state index in [2.05, 4.69) is 38.2 Å². The summed E-state index contributed by atoms with van der Waals surface area (Å²) in [4.78, 5) is 0. The van der Waals surface area contributed by atoms with Crippen molar-refractivity contribution in [3.63, 3.8) is 0 Å². The van der Waals surface area contributed by atoms with Crippen molar-refractivity contribution in [1.29, 1.82) is 0 Å². The molecule has 1 unspecified atom stereocenters. The molecule has 2 nitrogen and oxygen atoms in total. The van der Waals surface area contributed by atoms with Gasteiger partial charge in [0, 0.05) is 0 Å². The zero-order valence-electron chi connectivity index (χ0n) is 10.8. The van der Waals surface area contributed by atoms with Crippen LogP contribution in [0.2, 0.25) is 0 Å². The van der Waals surface area contributed by atoms with E-state index in [-0.39, 0.29) is 0 Å². The van der Waals surface area contributed by atoms with E-state index in [1.165, 1.54) is 17.5 Å². The minimum Gasteiger partial charge on any atom is -0.497 e. The van der Waals surface area contributed by atoms with Gasteiger partial charge in [-0.05, 0) is 55.6 Å². The Hall–Kier alpha value is -1.02. The van der Waals surface area contributed by atoms with E-state index in [4.69, 9.17) is 4.74 Å². The van der Waals surface area contributed by atoms with Gasteiger partial charge in [0.1, 0.15) is 5.75 Å². The Labute approximate surface area is 99.0 Å². The van der Waals surface area contributed by atoms with Gasteiger partial charge in [-0.15, -0.1) is 0 Å². The Bertz CT molecular complexity index is 323. The molecule has 1 N–H and O–H groups in total. The molecule has 0 fully saturated rings. The van der Waals surface area contributed by atoms with Crippen LogP contribution in [-0.4, -0.2) is 20.2 Å². The van der Waals surface area contributed by atoms with Crippen molar-refractivity contribution in [2.75, 3.05) is 20.2 Å². The van der Waals surface area contributed by atoms with Crippen molar-refractivity contribution in [3.8, 4) is 5.75 Å². The predicted octanol–water partition coefficient (Wildman–Crippen LogP) is 3.11. The lowest BCUT2D eigenvalue weighted by Gasteiger charge is -2.15. The van der Waals surface area contributed by atoms with Gasteiger partial charge in [0.05, 0.1) is 7.11 Å². The first-order valence-electron chi connectivity index (χ1n) is 6.04. The average Bonchev–Trinajstić information content (AvgIpc) is 2.29. The second kappa shape index (κ2) is 6.54. The molecule has 0 aliphatic rings. The van der Waals surface area contributed by atoms with Crippen molar-refractivity contribution in [1.82, 2.24) is 5.32 Å². The first-order chi connectivity index (χ1) is 7.69. The molecule has 90 valence electrons. The van der Waals surface area contributed by atoms with Crippen LogP contribution in [0, 0.1) is 6.92 Å². The molecule has 0 heterocycles. The highest BCUT2D eigenvalue weighted by molar-refractivity contribution is 5.36. The van der Waals surface area contributed by atoms with Gasteiger partial charge in [0.2, 0.25) is 0 Å². The summed E-state index contributed by atoms with van der Waals surface area (Å²) in [6.45, 7) is 8.72. The number of aryl methyl sites for hydroxylation is 1. The minimum atomic E-state index is 0.602. The summed E-state index contributed by atoms with van der Waals surface area (Å²) >= 11 is 0. The highest BCUT2D eigenvalue weighted by Crippen LogP contribution is 2.25. The van der Waals surface area contributed by atoms with Crippen molar-refractivity contribution in [2.24, 2.45) is 0 Å². The molecular weight excluding hydrogens is 198 g/mol. The molecule has 1 rings (SSSR count). The molecule has 2 heteroatoms. The molecule has 0 aromatic heterocycles. The number of hydrogen-bond acceptors (Lipinski definition) is 2. The van der Waals surface area contributed by atoms with Crippen LogP contribution in [0.4, 0.5) is 0 Å². The van der Waals surface area contributed by atoms with Gasteiger partial charge in [-0.1, -0.05) is 19.9 Å². The molecule has 0 bridgehead atoms. The monoisotopic (exact) mass is 221 g/mol. The molecule has 0 saturated heterocycles. The molecule has 0 amide bonds. The number of benzene rings is 1. The fourth-order valence-electron chi connectivity index (χ4n) is 1.98. The van der Waals surface area contributed by atoms with Crippen LogP contribution >= 0.6 is 0 Å². The normalized spacial score (nSPS) is 12.5. The van der Waals surface area contributed by atoms with E-state index in [0.717, 1.165) is 18.8 Å². The van der Waals surface area contributed by atoms with Crippen LogP contribution in [0.15, 0.2) is 18.2 Å². The fourth-order valence-corrected chi connectivity index (χ4v) is 1.98. The van der Waals surface area contributed by atoms with E-state index in [9.17, 15) is 0 Å². The van der Waals surface area contributed by atoms with E-state index < -0.39 is 0 Å². The summed E-state index contributed by atoms with van der Waals surface area (Å²) in [5.41, 5.74) is 2.75. The fraction of sp³-hybridized carbons (Fsp3) is 0.571. The maximum absolute atomic E-state index is 5.22. The quantitative estimate of drug-likeness (QED) is 0.745. The van der Waals surface area contributed by atoms with Crippen LogP contribution in [-0.2, 0) is 0 Å². The zero-order chi connectivity index (χ0) is 12.0. The van der Waals surface area contributed by atoms with Crippen molar-refractivity contribution in [3.05, 3.63) is 29.3 Å². The van der Waals surface area contributed by atoms with E-state index in [1.54, 1.807) is 7.11 Å². The SMILES string of the molecule is CCNCCC(C)c1ccc(OC)cc1C. The molecule has 1 aromatic rings. The van der Waals surface area contributed by atoms with Gasteiger partial charge < -0.3 is 10.1 Å². The van der Waals surface area contributed by atoms with Crippen molar-refractivity contribution >= 4 is 0 Å². The third-order valence-electron chi connectivity index (χ3n) is 3.01. The summed E-state index contributed by atoms with van der Waals surface area (Å²) < 4.78 is 5.22. The van der Waals surface area contributed by atoms with Gasteiger partial charge in [-0.25, -0.2) is 0 Å². The lowest BCUT2D eigenvalue weighted by Crippen LogP contribution is -2.16. The van der Waals surface area contributed by atoms with Crippen LogP contribution in [0.25, 0.3) is 0 Å². The molecule has 1 aromatic carbocycles. The van der Waals surface area contributed by atoms with Gasteiger partial charge >= 0.3 is 0 Å². The minimum absolute atomic E-state index is 0.602. The second-order valence-electron chi connectivity index (χ2n) is 4.27. The van der Waals surface area contributed by atoms with Crippen LogP contribution in [0.3, 0.4) is 0 Å². The highest BCUT2D eigenvalue weighted by atomic mass is 16.5. The summed E-state index contributed by atoms with van der Waals surface area (Å²) in [5, 5.41) is 3.37. The molecule has 0 saturated carbocycles. The largest absolute Gasteiger partial charge is 0.497 e. The zero-order valence-corrected chi connectivity index (χ0v) is 10.8. The molecule has 0 aliphatic carbocycles. The van der Waals surface area contributed by atoms with Crippen molar-refractivity contribution in [2.45, 2.75) is 33.1 Å². The van der Waals surface area contributed by atoms with Crippen LogP contribution < -0.4 is 10.1 Å². The van der Waals surface area contributed by atoms with E-state index in [1.807, 2.05) is 6.07 Å². The number of ether oxygens (including phenoxy) is 1. The van der Waals surface area contributed by atoms with E-state index in [0.29, 0.717) is 5.92 Å². The van der Waals surface area contributed by atoms with Gasteiger partial charge in [0.25, 0.3) is 0 Å². The van der Waals surface area contributed by atoms with Crippen LogP contribution in [0.1, 0.15) is 37.3 Å². The van der Waals surface area contributed by atoms with Gasteiger partial charge in [0.15, 0.2) is 0 Å². The maximum atomic E-state index is 5.22. The van der Waals surface area contributed by atoms with Gasteiger partial charge in [-0.2, -0.15) is 0 Å². The smallest absolute Gasteiger partial charge is 0.119 e. The first-order valence-corrected chi connectivity index (χ1v) is 6.04. The number of methoxy groups -OCH3 is 1.